The lowest BCUT2D eigenvalue weighted by molar-refractivity contribution is 0.366. The quantitative estimate of drug-likeness (QED) is 0.469. The molecule has 10 heteroatoms. The van der Waals surface area contributed by atoms with E-state index in [1.165, 1.54) is 12.1 Å². The Kier molecular flexibility index (Phi) is 5.29. The molecular formula is C9H16N2O6P2. The van der Waals surface area contributed by atoms with Gasteiger partial charge in [0.1, 0.15) is 12.6 Å². The zero-order valence-electron chi connectivity index (χ0n) is 9.96. The molecule has 0 aliphatic carbocycles. The largest absolute Gasteiger partial charge is 0.348 e. The average molecular weight is 310 g/mol. The summed E-state index contributed by atoms with van der Waals surface area (Å²) in [4.78, 5) is 36.7. The van der Waals surface area contributed by atoms with Crippen LogP contribution < -0.4 is 10.6 Å². The highest BCUT2D eigenvalue weighted by atomic mass is 31.2. The molecule has 0 saturated heterocycles. The molecule has 0 unspecified atom stereocenters. The van der Waals surface area contributed by atoms with Crippen molar-refractivity contribution in [2.75, 3.05) is 17.5 Å². The van der Waals surface area contributed by atoms with E-state index in [4.69, 9.17) is 25.3 Å². The van der Waals surface area contributed by atoms with Crippen LogP contribution in [0.1, 0.15) is 5.56 Å². The molecule has 1 rings (SSSR count). The molecule has 0 bridgehead atoms. The summed E-state index contributed by atoms with van der Waals surface area (Å²) in [5, 5.41) is 0. The number of nitrogens with zero attached hydrogens (tertiary/aromatic N) is 1. The Morgan fingerprint density at radius 1 is 0.947 bits per heavy atom. The summed E-state index contributed by atoms with van der Waals surface area (Å²) < 4.78 is 22.0. The number of anilines is 1. The molecule has 0 fully saturated rings. The highest BCUT2D eigenvalue weighted by Gasteiger charge is 2.25. The minimum Gasteiger partial charge on any atom is -0.348 e. The van der Waals surface area contributed by atoms with Crippen LogP contribution in [0.15, 0.2) is 24.3 Å². The summed E-state index contributed by atoms with van der Waals surface area (Å²) in [6, 6.07) is 6.27. The second-order valence-corrected chi connectivity index (χ2v) is 7.25. The first-order valence-corrected chi connectivity index (χ1v) is 8.83. The van der Waals surface area contributed by atoms with Crippen molar-refractivity contribution in [3.8, 4) is 0 Å². The molecule has 8 nitrogen and oxygen atoms in total. The van der Waals surface area contributed by atoms with Crippen molar-refractivity contribution in [2.45, 2.75) is 6.54 Å². The standard InChI is InChI=1S/C9H16N2O6P2/c10-5-8-1-3-9(4-2-8)11(6-18(12,13)14)7-19(15,16)17/h1-4H,5-7,10H2,(H2,12,13,14)(H2,15,16,17). The molecule has 108 valence electrons. The summed E-state index contributed by atoms with van der Waals surface area (Å²) >= 11 is 0. The van der Waals surface area contributed by atoms with Gasteiger partial charge in [0.2, 0.25) is 0 Å². The fourth-order valence-corrected chi connectivity index (χ4v) is 3.07. The Labute approximate surface area is 110 Å². The molecule has 0 spiro atoms. The van der Waals surface area contributed by atoms with Crippen LogP contribution in [0.5, 0.6) is 0 Å². The van der Waals surface area contributed by atoms with Crippen molar-refractivity contribution >= 4 is 20.9 Å². The van der Waals surface area contributed by atoms with Gasteiger partial charge in [0.25, 0.3) is 0 Å². The van der Waals surface area contributed by atoms with E-state index in [0.29, 0.717) is 12.2 Å². The fraction of sp³-hybridized carbons (Fsp3) is 0.333. The smallest absolute Gasteiger partial charge is 0.344 e. The molecular weight excluding hydrogens is 294 g/mol. The van der Waals surface area contributed by atoms with E-state index >= 15 is 0 Å². The third-order valence-corrected chi connectivity index (χ3v) is 3.67. The Morgan fingerprint density at radius 3 is 1.68 bits per heavy atom. The molecule has 0 aliphatic rings. The molecule has 0 radical (unpaired) electrons. The highest BCUT2D eigenvalue weighted by Crippen LogP contribution is 2.42. The van der Waals surface area contributed by atoms with Crippen molar-refractivity contribution in [2.24, 2.45) is 5.73 Å². The monoisotopic (exact) mass is 310 g/mol. The van der Waals surface area contributed by atoms with Gasteiger partial charge in [-0.25, -0.2) is 0 Å². The lowest BCUT2D eigenvalue weighted by Crippen LogP contribution is -2.25. The number of benzene rings is 1. The third kappa shape index (κ3) is 6.31. The van der Waals surface area contributed by atoms with E-state index in [0.717, 1.165) is 10.5 Å². The van der Waals surface area contributed by atoms with E-state index < -0.39 is 27.8 Å². The van der Waals surface area contributed by atoms with Crippen molar-refractivity contribution in [3.63, 3.8) is 0 Å². The second kappa shape index (κ2) is 6.15. The Hall–Kier alpha value is -0.720. The van der Waals surface area contributed by atoms with E-state index in [1.54, 1.807) is 12.1 Å². The van der Waals surface area contributed by atoms with Crippen molar-refractivity contribution in [3.05, 3.63) is 29.8 Å². The van der Waals surface area contributed by atoms with Gasteiger partial charge in [-0.1, -0.05) is 12.1 Å². The molecule has 0 heterocycles. The average Bonchev–Trinajstić information content (AvgIpc) is 2.24. The van der Waals surface area contributed by atoms with Gasteiger partial charge >= 0.3 is 15.2 Å². The highest BCUT2D eigenvalue weighted by molar-refractivity contribution is 7.53. The maximum absolute atomic E-state index is 11.0. The van der Waals surface area contributed by atoms with Crippen LogP contribution in [-0.2, 0) is 15.7 Å². The van der Waals surface area contributed by atoms with Crippen LogP contribution >= 0.6 is 15.2 Å². The number of hydrogen-bond donors (Lipinski definition) is 5. The van der Waals surface area contributed by atoms with Crippen LogP contribution in [0.2, 0.25) is 0 Å². The van der Waals surface area contributed by atoms with E-state index in [1.807, 2.05) is 0 Å². The minimum atomic E-state index is -4.43. The summed E-state index contributed by atoms with van der Waals surface area (Å²) in [6.07, 6.45) is -1.53. The van der Waals surface area contributed by atoms with Gasteiger partial charge in [-0.05, 0) is 17.7 Å². The zero-order valence-corrected chi connectivity index (χ0v) is 11.7. The first-order valence-electron chi connectivity index (χ1n) is 5.24. The topological polar surface area (TPSA) is 144 Å². The fourth-order valence-electron chi connectivity index (χ4n) is 1.50. The van der Waals surface area contributed by atoms with Crippen LogP contribution in [-0.4, -0.2) is 32.1 Å². The molecule has 19 heavy (non-hydrogen) atoms. The molecule has 0 atom stereocenters. The minimum absolute atomic E-state index is 0.303. The molecule has 0 amide bonds. The lowest BCUT2D eigenvalue weighted by atomic mass is 10.2. The number of rotatable bonds is 6. The maximum Gasteiger partial charge on any atom is 0.344 e. The lowest BCUT2D eigenvalue weighted by Gasteiger charge is -2.25. The summed E-state index contributed by atoms with van der Waals surface area (Å²) in [5.74, 6) is 0. The van der Waals surface area contributed by atoms with Crippen molar-refractivity contribution in [1.82, 2.24) is 0 Å². The summed E-state index contributed by atoms with van der Waals surface area (Å²) in [7, 11) is -8.87. The SMILES string of the molecule is NCc1ccc(N(CP(=O)(O)O)CP(=O)(O)O)cc1. The molecule has 1 aromatic carbocycles. The van der Waals surface area contributed by atoms with Crippen LogP contribution in [0.25, 0.3) is 0 Å². The summed E-state index contributed by atoms with van der Waals surface area (Å²) in [5.41, 5.74) is 6.53. The second-order valence-electron chi connectivity index (χ2n) is 4.02. The predicted molar refractivity (Wildman–Crippen MR) is 70.6 cm³/mol. The van der Waals surface area contributed by atoms with Crippen LogP contribution in [0.4, 0.5) is 5.69 Å². The number of nitrogens with two attached hydrogens (primary N) is 1. The molecule has 0 saturated carbocycles. The first kappa shape index (κ1) is 16.3. The zero-order chi connectivity index (χ0) is 14.7. The Bertz CT molecular complexity index is 484. The number of hydrogen-bond acceptors (Lipinski definition) is 4. The van der Waals surface area contributed by atoms with Gasteiger partial charge in [-0.2, -0.15) is 0 Å². The Morgan fingerprint density at radius 2 is 1.37 bits per heavy atom. The molecule has 0 aromatic heterocycles. The Balaban J connectivity index is 3.00. The van der Waals surface area contributed by atoms with Gasteiger partial charge in [-0.3, -0.25) is 9.13 Å². The third-order valence-electron chi connectivity index (χ3n) is 2.25. The van der Waals surface area contributed by atoms with Crippen molar-refractivity contribution < 1.29 is 28.7 Å². The van der Waals surface area contributed by atoms with Crippen LogP contribution in [0.3, 0.4) is 0 Å². The maximum atomic E-state index is 11.0. The van der Waals surface area contributed by atoms with Gasteiger partial charge in [0.05, 0.1) is 0 Å². The molecule has 0 aliphatic heterocycles. The normalized spacial score (nSPS) is 12.5. The van der Waals surface area contributed by atoms with Crippen LogP contribution in [0, 0.1) is 0 Å². The van der Waals surface area contributed by atoms with Gasteiger partial charge in [0, 0.05) is 12.2 Å². The molecule has 1 aromatic rings. The van der Waals surface area contributed by atoms with E-state index in [9.17, 15) is 9.13 Å². The summed E-state index contributed by atoms with van der Waals surface area (Å²) in [6.45, 7) is 0.303. The van der Waals surface area contributed by atoms with E-state index in [-0.39, 0.29) is 0 Å². The van der Waals surface area contributed by atoms with Gasteiger partial charge in [0.15, 0.2) is 0 Å². The molecule has 6 N–H and O–H groups in total. The van der Waals surface area contributed by atoms with Crippen molar-refractivity contribution in [1.29, 1.82) is 0 Å². The van der Waals surface area contributed by atoms with Gasteiger partial charge in [-0.15, -0.1) is 0 Å². The predicted octanol–water partition coefficient (Wildman–Crippen LogP) is 0.222. The first-order chi connectivity index (χ1) is 8.61. The van der Waals surface area contributed by atoms with E-state index in [2.05, 4.69) is 0 Å². The van der Waals surface area contributed by atoms with Gasteiger partial charge < -0.3 is 30.2 Å².